The summed E-state index contributed by atoms with van der Waals surface area (Å²) in [6.07, 6.45) is 6.36. The molecule has 2 rings (SSSR count). The molecule has 3 nitrogen and oxygen atoms in total. The SMILES string of the molecule is C#CCOc1ccc(C(=O)/C=C(\O)c2ccc(C(C)(C)C)cc2)cc1. The molecule has 0 saturated heterocycles. The lowest BCUT2D eigenvalue weighted by molar-refractivity contribution is 0.104. The molecule has 0 aromatic heterocycles. The largest absolute Gasteiger partial charge is 0.507 e. The van der Waals surface area contributed by atoms with Gasteiger partial charge in [0, 0.05) is 17.2 Å². The molecular formula is C22H22O3. The zero-order chi connectivity index (χ0) is 18.4. The van der Waals surface area contributed by atoms with E-state index in [1.54, 1.807) is 24.3 Å². The number of benzene rings is 2. The van der Waals surface area contributed by atoms with Crippen molar-refractivity contribution >= 4 is 11.5 Å². The summed E-state index contributed by atoms with van der Waals surface area (Å²) < 4.78 is 5.27. The van der Waals surface area contributed by atoms with Crippen LogP contribution in [-0.4, -0.2) is 17.5 Å². The lowest BCUT2D eigenvalue weighted by Gasteiger charge is -2.19. The molecule has 3 heteroatoms. The Balaban J connectivity index is 2.13. The first-order valence-corrected chi connectivity index (χ1v) is 8.03. The van der Waals surface area contributed by atoms with Crippen LogP contribution in [0.2, 0.25) is 0 Å². The monoisotopic (exact) mass is 334 g/mol. The number of hydrogen-bond donors (Lipinski definition) is 1. The van der Waals surface area contributed by atoms with Crippen molar-refractivity contribution in [1.29, 1.82) is 0 Å². The molecule has 0 atom stereocenters. The average molecular weight is 334 g/mol. The summed E-state index contributed by atoms with van der Waals surface area (Å²) in [6, 6.07) is 14.2. The maximum absolute atomic E-state index is 12.3. The van der Waals surface area contributed by atoms with Crippen LogP contribution >= 0.6 is 0 Å². The Kier molecular flexibility index (Phi) is 5.67. The van der Waals surface area contributed by atoms with Crippen molar-refractivity contribution in [2.45, 2.75) is 26.2 Å². The van der Waals surface area contributed by atoms with Crippen molar-refractivity contribution in [2.24, 2.45) is 0 Å². The first-order valence-electron chi connectivity index (χ1n) is 8.03. The van der Waals surface area contributed by atoms with Gasteiger partial charge in [-0.05, 0) is 35.2 Å². The maximum Gasteiger partial charge on any atom is 0.189 e. The smallest absolute Gasteiger partial charge is 0.189 e. The number of carbonyl (C=O) groups excluding carboxylic acids is 1. The van der Waals surface area contributed by atoms with Crippen LogP contribution in [0.15, 0.2) is 54.6 Å². The highest BCUT2D eigenvalue weighted by Crippen LogP contribution is 2.24. The topological polar surface area (TPSA) is 46.5 Å². The third-order valence-corrected chi connectivity index (χ3v) is 3.78. The molecule has 0 unspecified atom stereocenters. The molecule has 0 aliphatic heterocycles. The molecule has 128 valence electrons. The fourth-order valence-corrected chi connectivity index (χ4v) is 2.27. The van der Waals surface area contributed by atoms with Gasteiger partial charge in [-0.3, -0.25) is 4.79 Å². The Labute approximate surface area is 149 Å². The van der Waals surface area contributed by atoms with Crippen LogP contribution < -0.4 is 4.74 Å². The number of ketones is 1. The predicted molar refractivity (Wildman–Crippen MR) is 101 cm³/mol. The minimum absolute atomic E-state index is 0.0386. The van der Waals surface area contributed by atoms with Crippen LogP contribution in [0, 0.1) is 12.3 Å². The van der Waals surface area contributed by atoms with Gasteiger partial charge in [0.15, 0.2) is 5.78 Å². The number of hydrogen-bond acceptors (Lipinski definition) is 3. The van der Waals surface area contributed by atoms with Crippen LogP contribution in [-0.2, 0) is 5.41 Å². The van der Waals surface area contributed by atoms with Crippen molar-refractivity contribution in [3.8, 4) is 18.1 Å². The first-order chi connectivity index (χ1) is 11.8. The second-order valence-corrected chi connectivity index (χ2v) is 6.74. The summed E-state index contributed by atoms with van der Waals surface area (Å²) in [5.74, 6) is 2.64. The third-order valence-electron chi connectivity index (χ3n) is 3.78. The lowest BCUT2D eigenvalue weighted by Crippen LogP contribution is -2.10. The molecule has 0 aliphatic carbocycles. The number of aliphatic hydroxyl groups is 1. The summed E-state index contributed by atoms with van der Waals surface area (Å²) in [5, 5.41) is 10.2. The van der Waals surface area contributed by atoms with Gasteiger partial charge in [0.25, 0.3) is 0 Å². The van der Waals surface area contributed by atoms with Gasteiger partial charge >= 0.3 is 0 Å². The zero-order valence-electron chi connectivity index (χ0n) is 14.7. The summed E-state index contributed by atoms with van der Waals surface area (Å²) >= 11 is 0. The van der Waals surface area contributed by atoms with E-state index in [0.29, 0.717) is 16.9 Å². The Bertz CT molecular complexity index is 798. The number of ether oxygens (including phenoxy) is 1. The second kappa shape index (κ2) is 7.72. The Morgan fingerprint density at radius 2 is 1.64 bits per heavy atom. The average Bonchev–Trinajstić information content (AvgIpc) is 2.59. The predicted octanol–water partition coefficient (Wildman–Crippen LogP) is 4.78. The fourth-order valence-electron chi connectivity index (χ4n) is 2.27. The molecule has 1 N–H and O–H groups in total. The minimum Gasteiger partial charge on any atom is -0.507 e. The van der Waals surface area contributed by atoms with E-state index in [1.807, 2.05) is 24.3 Å². The molecule has 0 saturated carbocycles. The summed E-state index contributed by atoms with van der Waals surface area (Å²) in [5.41, 5.74) is 2.27. The molecular weight excluding hydrogens is 312 g/mol. The fraction of sp³-hybridized carbons (Fsp3) is 0.227. The maximum atomic E-state index is 12.3. The van der Waals surface area contributed by atoms with E-state index in [0.717, 1.165) is 5.56 Å². The van der Waals surface area contributed by atoms with Gasteiger partial charge in [0.1, 0.15) is 18.1 Å². The van der Waals surface area contributed by atoms with E-state index in [1.165, 1.54) is 6.08 Å². The van der Waals surface area contributed by atoms with Gasteiger partial charge in [-0.25, -0.2) is 0 Å². The van der Waals surface area contributed by atoms with Crippen molar-refractivity contribution in [1.82, 2.24) is 0 Å². The molecule has 2 aromatic carbocycles. The molecule has 0 bridgehead atoms. The summed E-state index contributed by atoms with van der Waals surface area (Å²) in [6.45, 7) is 6.55. The third kappa shape index (κ3) is 4.99. The van der Waals surface area contributed by atoms with E-state index < -0.39 is 0 Å². The minimum atomic E-state index is -0.277. The van der Waals surface area contributed by atoms with E-state index in [2.05, 4.69) is 26.7 Å². The van der Waals surface area contributed by atoms with E-state index >= 15 is 0 Å². The molecule has 0 heterocycles. The summed E-state index contributed by atoms with van der Waals surface area (Å²) in [4.78, 5) is 12.3. The van der Waals surface area contributed by atoms with Crippen LogP contribution in [0.3, 0.4) is 0 Å². The van der Waals surface area contributed by atoms with Gasteiger partial charge in [0.05, 0.1) is 0 Å². The summed E-state index contributed by atoms with van der Waals surface area (Å²) in [7, 11) is 0. The lowest BCUT2D eigenvalue weighted by atomic mass is 9.86. The van der Waals surface area contributed by atoms with Crippen LogP contribution in [0.5, 0.6) is 5.75 Å². The second-order valence-electron chi connectivity index (χ2n) is 6.74. The van der Waals surface area contributed by atoms with Crippen molar-refractivity contribution in [3.05, 3.63) is 71.3 Å². The molecule has 0 radical (unpaired) electrons. The Hall–Kier alpha value is -2.99. The number of rotatable bonds is 5. The highest BCUT2D eigenvalue weighted by molar-refractivity contribution is 6.07. The van der Waals surface area contributed by atoms with Gasteiger partial charge in [0.2, 0.25) is 0 Å². The Morgan fingerprint density at radius 3 is 2.16 bits per heavy atom. The highest BCUT2D eigenvalue weighted by Gasteiger charge is 2.13. The van der Waals surface area contributed by atoms with Crippen molar-refractivity contribution in [2.75, 3.05) is 6.61 Å². The molecule has 0 fully saturated rings. The number of allylic oxidation sites excluding steroid dienone is 1. The number of carbonyl (C=O) groups is 1. The van der Waals surface area contributed by atoms with Gasteiger partial charge < -0.3 is 9.84 Å². The van der Waals surface area contributed by atoms with Crippen LogP contribution in [0.1, 0.15) is 42.3 Å². The highest BCUT2D eigenvalue weighted by atomic mass is 16.5. The number of terminal acetylenes is 1. The van der Waals surface area contributed by atoms with E-state index in [4.69, 9.17) is 11.2 Å². The van der Waals surface area contributed by atoms with Gasteiger partial charge in [-0.1, -0.05) is 51.0 Å². The Morgan fingerprint density at radius 1 is 1.08 bits per heavy atom. The molecule has 0 spiro atoms. The zero-order valence-corrected chi connectivity index (χ0v) is 14.7. The molecule has 25 heavy (non-hydrogen) atoms. The quantitative estimate of drug-likeness (QED) is 0.370. The van der Waals surface area contributed by atoms with Gasteiger partial charge in [-0.15, -0.1) is 6.42 Å². The standard InChI is InChI=1S/C22H22O3/c1-5-14-25-19-12-8-17(9-13-19)21(24)15-20(23)16-6-10-18(11-7-16)22(2,3)4/h1,6-13,15,23H,14H2,2-4H3/b20-15-. The molecule has 2 aromatic rings. The van der Waals surface area contributed by atoms with E-state index in [-0.39, 0.29) is 23.6 Å². The first kappa shape index (κ1) is 18.4. The molecule has 0 amide bonds. The van der Waals surface area contributed by atoms with Crippen molar-refractivity contribution < 1.29 is 14.6 Å². The van der Waals surface area contributed by atoms with Crippen LogP contribution in [0.25, 0.3) is 5.76 Å². The molecule has 0 aliphatic rings. The van der Waals surface area contributed by atoms with Crippen LogP contribution in [0.4, 0.5) is 0 Å². The van der Waals surface area contributed by atoms with Crippen molar-refractivity contribution in [3.63, 3.8) is 0 Å². The van der Waals surface area contributed by atoms with Gasteiger partial charge in [-0.2, -0.15) is 0 Å². The number of aliphatic hydroxyl groups excluding tert-OH is 1. The van der Waals surface area contributed by atoms with E-state index in [9.17, 15) is 9.90 Å². The normalized spacial score (nSPS) is 11.7.